The molecule has 1 saturated heterocycles. The van der Waals surface area contributed by atoms with E-state index in [0.29, 0.717) is 16.7 Å². The first-order valence-corrected chi connectivity index (χ1v) is 12.0. The second-order valence-electron chi connectivity index (χ2n) is 8.49. The van der Waals surface area contributed by atoms with E-state index >= 15 is 0 Å². The van der Waals surface area contributed by atoms with E-state index in [9.17, 15) is 5.11 Å². The number of hydrogen-bond acceptors (Lipinski definition) is 3. The standard InChI is InChI=1S/C27H29Cl2NO2/c28-24-8-6-22(7-9-24)27(21-4-2-1-3-5-21)32-17-14-20-12-15-30(16-13-20)19-23-18-25(29)10-11-26(23)31/h1-11,18,20,27,31H,12-17,19H2. The molecule has 32 heavy (non-hydrogen) atoms. The molecule has 1 fully saturated rings. The summed E-state index contributed by atoms with van der Waals surface area (Å²) in [5.41, 5.74) is 3.18. The fourth-order valence-corrected chi connectivity index (χ4v) is 4.68. The van der Waals surface area contributed by atoms with Crippen LogP contribution >= 0.6 is 23.2 Å². The van der Waals surface area contributed by atoms with Crippen molar-refractivity contribution in [3.05, 3.63) is 99.5 Å². The predicted molar refractivity (Wildman–Crippen MR) is 131 cm³/mol. The van der Waals surface area contributed by atoms with Crippen molar-refractivity contribution in [3.8, 4) is 5.75 Å². The van der Waals surface area contributed by atoms with Crippen molar-refractivity contribution < 1.29 is 9.84 Å². The van der Waals surface area contributed by atoms with Crippen LogP contribution in [0.3, 0.4) is 0 Å². The van der Waals surface area contributed by atoms with Gasteiger partial charge in [0.15, 0.2) is 0 Å². The molecule has 0 aromatic heterocycles. The van der Waals surface area contributed by atoms with E-state index in [4.69, 9.17) is 27.9 Å². The summed E-state index contributed by atoms with van der Waals surface area (Å²) in [4.78, 5) is 2.39. The molecule has 0 amide bonds. The van der Waals surface area contributed by atoms with Gasteiger partial charge in [-0.25, -0.2) is 0 Å². The van der Waals surface area contributed by atoms with E-state index in [1.54, 1.807) is 12.1 Å². The van der Waals surface area contributed by atoms with Gasteiger partial charge in [0, 0.05) is 28.8 Å². The van der Waals surface area contributed by atoms with Gasteiger partial charge in [-0.05, 0) is 79.7 Å². The number of piperidine rings is 1. The molecule has 4 rings (SSSR count). The lowest BCUT2D eigenvalue weighted by atomic mass is 9.93. The molecule has 168 valence electrons. The van der Waals surface area contributed by atoms with Gasteiger partial charge in [-0.1, -0.05) is 65.7 Å². The van der Waals surface area contributed by atoms with Crippen molar-refractivity contribution in [2.75, 3.05) is 19.7 Å². The third-order valence-electron chi connectivity index (χ3n) is 6.23. The number of likely N-dealkylation sites (tertiary alicyclic amines) is 1. The summed E-state index contributed by atoms with van der Waals surface area (Å²) in [5.74, 6) is 0.972. The lowest BCUT2D eigenvalue weighted by molar-refractivity contribution is 0.0595. The van der Waals surface area contributed by atoms with Crippen LogP contribution < -0.4 is 0 Å². The lowest BCUT2D eigenvalue weighted by Crippen LogP contribution is -2.33. The number of halogens is 2. The molecule has 3 nitrogen and oxygen atoms in total. The molecule has 1 N–H and O–H groups in total. The molecular weight excluding hydrogens is 441 g/mol. The number of nitrogens with zero attached hydrogens (tertiary/aromatic N) is 1. The highest BCUT2D eigenvalue weighted by molar-refractivity contribution is 6.30. The van der Waals surface area contributed by atoms with Crippen LogP contribution in [0.2, 0.25) is 10.0 Å². The number of hydrogen-bond donors (Lipinski definition) is 1. The number of benzene rings is 3. The Morgan fingerprint density at radius 1 is 0.875 bits per heavy atom. The number of phenolic OH excluding ortho intramolecular Hbond substituents is 1. The smallest absolute Gasteiger partial charge is 0.120 e. The molecule has 0 saturated carbocycles. The van der Waals surface area contributed by atoms with Gasteiger partial charge in [0.25, 0.3) is 0 Å². The number of rotatable bonds is 8. The Hall–Kier alpha value is -2.04. The molecule has 1 atom stereocenters. The highest BCUT2D eigenvalue weighted by atomic mass is 35.5. The van der Waals surface area contributed by atoms with Gasteiger partial charge in [0.2, 0.25) is 0 Å². The Kier molecular flexibility index (Phi) is 8.10. The van der Waals surface area contributed by atoms with Gasteiger partial charge < -0.3 is 9.84 Å². The van der Waals surface area contributed by atoms with Gasteiger partial charge in [-0.15, -0.1) is 0 Å². The second-order valence-corrected chi connectivity index (χ2v) is 9.37. The Labute approximate surface area is 200 Å². The molecule has 0 radical (unpaired) electrons. The highest BCUT2D eigenvalue weighted by Gasteiger charge is 2.21. The third-order valence-corrected chi connectivity index (χ3v) is 6.72. The van der Waals surface area contributed by atoms with Crippen LogP contribution in [0.5, 0.6) is 5.75 Å². The summed E-state index contributed by atoms with van der Waals surface area (Å²) >= 11 is 12.2. The zero-order valence-electron chi connectivity index (χ0n) is 18.1. The molecule has 1 aliphatic rings. The van der Waals surface area contributed by atoms with Crippen molar-refractivity contribution in [1.82, 2.24) is 4.90 Å². The number of phenols is 1. The fraction of sp³-hybridized carbons (Fsp3) is 0.333. The zero-order valence-corrected chi connectivity index (χ0v) is 19.6. The fourth-order valence-electron chi connectivity index (χ4n) is 4.36. The van der Waals surface area contributed by atoms with Gasteiger partial charge in [-0.3, -0.25) is 4.90 Å². The molecular formula is C27H29Cl2NO2. The van der Waals surface area contributed by atoms with Crippen LogP contribution in [0.4, 0.5) is 0 Å². The van der Waals surface area contributed by atoms with Crippen LogP contribution in [0.25, 0.3) is 0 Å². The summed E-state index contributed by atoms with van der Waals surface area (Å²) in [7, 11) is 0. The van der Waals surface area contributed by atoms with Gasteiger partial charge in [-0.2, -0.15) is 0 Å². The van der Waals surface area contributed by atoms with Crippen LogP contribution in [0.15, 0.2) is 72.8 Å². The lowest BCUT2D eigenvalue weighted by Gasteiger charge is -2.32. The van der Waals surface area contributed by atoms with Crippen molar-refractivity contribution >= 4 is 23.2 Å². The zero-order chi connectivity index (χ0) is 22.3. The van der Waals surface area contributed by atoms with Crippen molar-refractivity contribution in [3.63, 3.8) is 0 Å². The number of ether oxygens (including phenoxy) is 1. The predicted octanol–water partition coefficient (Wildman–Crippen LogP) is 7.11. The van der Waals surface area contributed by atoms with Crippen LogP contribution in [-0.4, -0.2) is 29.7 Å². The summed E-state index contributed by atoms with van der Waals surface area (Å²) in [6.45, 7) is 3.51. The maximum Gasteiger partial charge on any atom is 0.120 e. The van der Waals surface area contributed by atoms with E-state index in [1.807, 2.05) is 36.4 Å². The maximum atomic E-state index is 10.1. The normalized spacial score (nSPS) is 16.2. The van der Waals surface area contributed by atoms with Gasteiger partial charge >= 0.3 is 0 Å². The van der Waals surface area contributed by atoms with Crippen molar-refractivity contribution in [1.29, 1.82) is 0 Å². The minimum Gasteiger partial charge on any atom is -0.508 e. The van der Waals surface area contributed by atoms with Crippen LogP contribution in [0.1, 0.15) is 42.1 Å². The molecule has 1 heterocycles. The quantitative estimate of drug-likeness (QED) is 0.381. The van der Waals surface area contributed by atoms with Gasteiger partial charge in [0.1, 0.15) is 11.9 Å². The van der Waals surface area contributed by atoms with E-state index in [-0.39, 0.29) is 6.10 Å². The molecule has 0 spiro atoms. The summed E-state index contributed by atoms with van der Waals surface area (Å²) in [5, 5.41) is 11.5. The summed E-state index contributed by atoms with van der Waals surface area (Å²) in [6.07, 6.45) is 3.25. The van der Waals surface area contributed by atoms with E-state index in [2.05, 4.69) is 29.2 Å². The van der Waals surface area contributed by atoms with Crippen molar-refractivity contribution in [2.24, 2.45) is 5.92 Å². The first-order chi connectivity index (χ1) is 15.6. The summed E-state index contributed by atoms with van der Waals surface area (Å²) < 4.78 is 6.40. The van der Waals surface area contributed by atoms with E-state index in [0.717, 1.165) is 67.2 Å². The Morgan fingerprint density at radius 3 is 2.25 bits per heavy atom. The minimum absolute atomic E-state index is 0.0839. The monoisotopic (exact) mass is 469 g/mol. The van der Waals surface area contributed by atoms with E-state index < -0.39 is 0 Å². The van der Waals surface area contributed by atoms with Crippen LogP contribution in [0, 0.1) is 5.92 Å². The Morgan fingerprint density at radius 2 is 1.53 bits per heavy atom. The average Bonchev–Trinajstić information content (AvgIpc) is 2.82. The first kappa shape index (κ1) is 23.1. The van der Waals surface area contributed by atoms with Crippen molar-refractivity contribution in [2.45, 2.75) is 31.9 Å². The van der Waals surface area contributed by atoms with Crippen LogP contribution in [-0.2, 0) is 11.3 Å². The molecule has 1 unspecified atom stereocenters. The summed E-state index contributed by atoms with van der Waals surface area (Å²) in [6, 6.07) is 23.5. The Balaban J connectivity index is 1.29. The maximum absolute atomic E-state index is 10.1. The Bertz CT molecular complexity index is 986. The molecule has 0 bridgehead atoms. The first-order valence-electron chi connectivity index (χ1n) is 11.2. The minimum atomic E-state index is -0.0839. The molecule has 5 heteroatoms. The topological polar surface area (TPSA) is 32.7 Å². The average molecular weight is 470 g/mol. The molecule has 3 aromatic rings. The SMILES string of the molecule is Oc1ccc(Cl)cc1CN1CCC(CCOC(c2ccccc2)c2ccc(Cl)cc2)CC1. The van der Waals surface area contributed by atoms with E-state index in [1.165, 1.54) is 0 Å². The number of aromatic hydroxyl groups is 1. The van der Waals surface area contributed by atoms with Gasteiger partial charge in [0.05, 0.1) is 0 Å². The largest absolute Gasteiger partial charge is 0.508 e. The highest BCUT2D eigenvalue weighted by Crippen LogP contribution is 2.30. The third kappa shape index (κ3) is 6.26. The molecule has 1 aliphatic heterocycles. The molecule has 3 aromatic carbocycles. The molecule has 0 aliphatic carbocycles. The second kappa shape index (κ2) is 11.2.